The number of aromatic nitrogens is 1. The predicted octanol–water partition coefficient (Wildman–Crippen LogP) is 2.85. The van der Waals surface area contributed by atoms with Crippen molar-refractivity contribution in [2.75, 3.05) is 20.8 Å². The maximum Gasteiger partial charge on any atom is 0.340 e. The number of carbonyl (C=O) groups is 4. The topological polar surface area (TPSA) is 94.9 Å². The van der Waals surface area contributed by atoms with E-state index in [1.807, 2.05) is 28.8 Å². The molecule has 0 N–H and O–H groups in total. The maximum atomic E-state index is 12.9. The van der Waals surface area contributed by atoms with Crippen LogP contribution in [-0.4, -0.2) is 54.0 Å². The highest BCUT2D eigenvalue weighted by Gasteiger charge is 2.38. The molecule has 2 aliphatic heterocycles. The quantitative estimate of drug-likeness (QED) is 0.337. The molecule has 0 radical (unpaired) electrons. The van der Waals surface area contributed by atoms with Crippen LogP contribution >= 0.6 is 0 Å². The number of imide groups is 1. The molecular formula is C26H22N2O6. The van der Waals surface area contributed by atoms with Crippen molar-refractivity contribution >= 4 is 23.8 Å². The third-order valence-corrected chi connectivity index (χ3v) is 6.51. The Kier molecular flexibility index (Phi) is 5.28. The molecule has 2 aromatic carbocycles. The summed E-state index contributed by atoms with van der Waals surface area (Å²) in [5.74, 6) is -2.03. The van der Waals surface area contributed by atoms with Crippen molar-refractivity contribution < 1.29 is 28.7 Å². The predicted molar refractivity (Wildman–Crippen MR) is 121 cm³/mol. The van der Waals surface area contributed by atoms with Gasteiger partial charge in [-0.1, -0.05) is 36.4 Å². The molecule has 5 rings (SSSR count). The number of fused-ring (bicyclic) bond motifs is 3. The molecule has 0 saturated carbocycles. The van der Waals surface area contributed by atoms with E-state index in [0.717, 1.165) is 11.1 Å². The van der Waals surface area contributed by atoms with E-state index >= 15 is 0 Å². The molecular weight excluding hydrogens is 436 g/mol. The van der Waals surface area contributed by atoms with Gasteiger partial charge in [0.15, 0.2) is 0 Å². The van der Waals surface area contributed by atoms with Crippen molar-refractivity contribution in [3.05, 3.63) is 93.3 Å². The number of methoxy groups -OCH3 is 2. The number of benzene rings is 2. The molecule has 2 aliphatic rings. The molecule has 0 spiro atoms. The average Bonchev–Trinajstić information content (AvgIpc) is 3.31. The van der Waals surface area contributed by atoms with Gasteiger partial charge in [0.2, 0.25) is 0 Å². The second kappa shape index (κ2) is 8.30. The SMILES string of the molecule is COC(=O)c1c(C(=O)OC)c2n(c1CCN1C(=O)c3ccccc3C1=O)Cc1ccccc1C2. The first-order valence-electron chi connectivity index (χ1n) is 10.9. The number of esters is 2. The Morgan fingerprint density at radius 3 is 2.00 bits per heavy atom. The summed E-state index contributed by atoms with van der Waals surface area (Å²) < 4.78 is 12.0. The van der Waals surface area contributed by atoms with Gasteiger partial charge in [-0.05, 0) is 23.3 Å². The van der Waals surface area contributed by atoms with Crippen LogP contribution in [0.25, 0.3) is 0 Å². The van der Waals surface area contributed by atoms with Gasteiger partial charge in [-0.15, -0.1) is 0 Å². The molecule has 172 valence electrons. The molecule has 1 aromatic heterocycles. The summed E-state index contributed by atoms with van der Waals surface area (Å²) in [5, 5.41) is 0. The Balaban J connectivity index is 1.58. The minimum atomic E-state index is -0.663. The first kappa shape index (κ1) is 21.6. The molecule has 0 fully saturated rings. The highest BCUT2D eigenvalue weighted by molar-refractivity contribution is 6.21. The van der Waals surface area contributed by atoms with Crippen molar-refractivity contribution in [3.8, 4) is 0 Å². The lowest BCUT2D eigenvalue weighted by Gasteiger charge is -2.23. The van der Waals surface area contributed by atoms with Crippen molar-refractivity contribution in [2.45, 2.75) is 19.4 Å². The Labute approximate surface area is 195 Å². The van der Waals surface area contributed by atoms with E-state index in [1.165, 1.54) is 19.1 Å². The lowest BCUT2D eigenvalue weighted by molar-refractivity contribution is 0.0554. The van der Waals surface area contributed by atoms with Crippen LogP contribution in [0.5, 0.6) is 0 Å². The lowest BCUT2D eigenvalue weighted by atomic mass is 9.97. The molecule has 0 atom stereocenters. The second-order valence-electron chi connectivity index (χ2n) is 8.22. The smallest absolute Gasteiger partial charge is 0.340 e. The first-order chi connectivity index (χ1) is 16.5. The summed E-state index contributed by atoms with van der Waals surface area (Å²) in [4.78, 5) is 52.6. The summed E-state index contributed by atoms with van der Waals surface area (Å²) >= 11 is 0. The molecule has 0 saturated heterocycles. The zero-order valence-electron chi connectivity index (χ0n) is 18.8. The third-order valence-electron chi connectivity index (χ3n) is 6.51. The van der Waals surface area contributed by atoms with E-state index in [-0.39, 0.29) is 35.9 Å². The summed E-state index contributed by atoms with van der Waals surface area (Å²) in [7, 11) is 2.52. The van der Waals surface area contributed by atoms with Crippen LogP contribution in [0.15, 0.2) is 48.5 Å². The van der Waals surface area contributed by atoms with Gasteiger partial charge in [0, 0.05) is 37.3 Å². The molecule has 2 amide bonds. The van der Waals surface area contributed by atoms with E-state index in [1.54, 1.807) is 24.3 Å². The van der Waals surface area contributed by atoms with E-state index in [9.17, 15) is 19.2 Å². The number of nitrogens with zero attached hydrogens (tertiary/aromatic N) is 2. The fourth-order valence-electron chi connectivity index (χ4n) is 4.89. The average molecular weight is 458 g/mol. The number of carbonyl (C=O) groups excluding carboxylic acids is 4. The van der Waals surface area contributed by atoms with Crippen molar-refractivity contribution in [3.63, 3.8) is 0 Å². The van der Waals surface area contributed by atoms with Crippen LogP contribution in [0, 0.1) is 0 Å². The standard InChI is InChI=1S/C26H22N2O6/c1-33-25(31)21-19(11-12-27-23(29)17-9-5-6-10-18(17)24(27)30)28-14-16-8-4-3-7-15(16)13-20(28)22(21)26(32)34-2/h3-10H,11-14H2,1-2H3. The summed E-state index contributed by atoms with van der Waals surface area (Å²) in [6.45, 7) is 0.506. The molecule has 0 bridgehead atoms. The lowest BCUT2D eigenvalue weighted by Crippen LogP contribution is -2.32. The van der Waals surface area contributed by atoms with Gasteiger partial charge in [-0.25, -0.2) is 9.59 Å². The van der Waals surface area contributed by atoms with Crippen LogP contribution in [0.2, 0.25) is 0 Å². The van der Waals surface area contributed by atoms with Gasteiger partial charge in [-0.2, -0.15) is 0 Å². The maximum absolute atomic E-state index is 12.9. The third kappa shape index (κ3) is 3.22. The Bertz CT molecular complexity index is 1330. The molecule has 0 aliphatic carbocycles. The molecule has 3 heterocycles. The highest BCUT2D eigenvalue weighted by atomic mass is 16.5. The zero-order valence-corrected chi connectivity index (χ0v) is 18.8. The highest BCUT2D eigenvalue weighted by Crippen LogP contribution is 2.33. The van der Waals surface area contributed by atoms with Gasteiger partial charge in [0.05, 0.1) is 36.5 Å². The number of hydrogen-bond donors (Lipinski definition) is 0. The fourth-order valence-corrected chi connectivity index (χ4v) is 4.89. The minimum absolute atomic E-state index is 0.0576. The van der Waals surface area contributed by atoms with Gasteiger partial charge < -0.3 is 14.0 Å². The monoisotopic (exact) mass is 458 g/mol. The number of amides is 2. The Morgan fingerprint density at radius 2 is 1.38 bits per heavy atom. The molecule has 0 unspecified atom stereocenters. The normalized spacial score (nSPS) is 13.9. The van der Waals surface area contributed by atoms with Gasteiger partial charge >= 0.3 is 11.9 Å². The van der Waals surface area contributed by atoms with E-state index in [0.29, 0.717) is 35.5 Å². The minimum Gasteiger partial charge on any atom is -0.465 e. The van der Waals surface area contributed by atoms with Crippen LogP contribution in [-0.2, 0) is 28.9 Å². The largest absolute Gasteiger partial charge is 0.465 e. The van der Waals surface area contributed by atoms with Crippen molar-refractivity contribution in [1.82, 2.24) is 9.47 Å². The molecule has 8 nitrogen and oxygen atoms in total. The second-order valence-corrected chi connectivity index (χ2v) is 8.22. The van der Waals surface area contributed by atoms with Crippen molar-refractivity contribution in [1.29, 1.82) is 0 Å². The number of hydrogen-bond acceptors (Lipinski definition) is 6. The summed E-state index contributed by atoms with van der Waals surface area (Å²) in [6, 6.07) is 14.5. The fraction of sp³-hybridized carbons (Fsp3) is 0.231. The number of rotatable bonds is 5. The molecule has 34 heavy (non-hydrogen) atoms. The Morgan fingerprint density at radius 1 is 0.824 bits per heavy atom. The van der Waals surface area contributed by atoms with Crippen LogP contribution in [0.1, 0.15) is 63.9 Å². The van der Waals surface area contributed by atoms with Gasteiger partial charge in [0.1, 0.15) is 0 Å². The van der Waals surface area contributed by atoms with Crippen LogP contribution in [0.3, 0.4) is 0 Å². The zero-order chi connectivity index (χ0) is 24.0. The summed E-state index contributed by atoms with van der Waals surface area (Å²) in [5.41, 5.74) is 4.33. The van der Waals surface area contributed by atoms with Gasteiger partial charge in [0.25, 0.3) is 11.8 Å². The van der Waals surface area contributed by atoms with Crippen LogP contribution in [0.4, 0.5) is 0 Å². The van der Waals surface area contributed by atoms with Crippen molar-refractivity contribution in [2.24, 2.45) is 0 Å². The molecule has 3 aromatic rings. The van der Waals surface area contributed by atoms with Crippen LogP contribution < -0.4 is 0 Å². The Hall–Kier alpha value is -4.20. The van der Waals surface area contributed by atoms with E-state index < -0.39 is 11.9 Å². The first-order valence-corrected chi connectivity index (χ1v) is 10.9. The van der Waals surface area contributed by atoms with E-state index in [4.69, 9.17) is 9.47 Å². The number of ether oxygens (including phenoxy) is 2. The summed E-state index contributed by atoms with van der Waals surface area (Å²) in [6.07, 6.45) is 0.625. The van der Waals surface area contributed by atoms with Gasteiger partial charge in [-0.3, -0.25) is 14.5 Å². The van der Waals surface area contributed by atoms with E-state index in [2.05, 4.69) is 0 Å². The molecule has 8 heteroatoms.